The maximum Gasteiger partial charge on any atom is 0.261 e. The van der Waals surface area contributed by atoms with Crippen LogP contribution in [0.3, 0.4) is 0 Å². The van der Waals surface area contributed by atoms with E-state index in [1.54, 1.807) is 11.8 Å². The molecule has 0 aliphatic carbocycles. The van der Waals surface area contributed by atoms with Gasteiger partial charge in [0.25, 0.3) is 8.32 Å². The Hall–Kier alpha value is -1.07. The highest BCUT2D eigenvalue weighted by molar-refractivity contribution is 7.98. The first-order chi connectivity index (χ1) is 12.0. The second kappa shape index (κ2) is 9.58. The molecule has 0 radical (unpaired) electrons. The summed E-state index contributed by atoms with van der Waals surface area (Å²) in [5, 5.41) is 2.70. The van der Waals surface area contributed by atoms with E-state index in [-0.39, 0.29) is 5.04 Å². The van der Waals surface area contributed by atoms with Gasteiger partial charge in [-0.15, -0.1) is 11.8 Å². The molecule has 136 valence electrons. The normalized spacial score (nSPS) is 12.3. The lowest BCUT2D eigenvalue weighted by molar-refractivity contribution is 0.157. The molecule has 0 unspecified atom stereocenters. The van der Waals surface area contributed by atoms with Crippen molar-refractivity contribution < 1.29 is 9.16 Å². The van der Waals surface area contributed by atoms with Crippen molar-refractivity contribution in [1.29, 1.82) is 0 Å². The minimum atomic E-state index is -2.38. The van der Waals surface area contributed by atoms with Gasteiger partial charge in [-0.2, -0.15) is 0 Å². The smallest absolute Gasteiger partial charge is 0.261 e. The van der Waals surface area contributed by atoms with Gasteiger partial charge in [0.15, 0.2) is 0 Å². The van der Waals surface area contributed by atoms with Gasteiger partial charge < -0.3 is 9.16 Å². The van der Waals surface area contributed by atoms with Gasteiger partial charge in [-0.25, -0.2) is 0 Å². The monoisotopic (exact) mass is 374 g/mol. The van der Waals surface area contributed by atoms with Gasteiger partial charge in [-0.3, -0.25) is 0 Å². The molecule has 2 nitrogen and oxygen atoms in total. The lowest BCUT2D eigenvalue weighted by Crippen LogP contribution is -2.66. The molecule has 0 saturated heterocycles. The standard InChI is InChI=1S/C21H30O2SSi/c1-21(2,3)25(19-12-7-5-8-13-19,20-14-9-6-10-15-20)23-17-11-16-22-18-24-4/h5-10,12-15H,11,16-18H2,1-4H3. The fourth-order valence-corrected chi connectivity index (χ4v) is 8.18. The van der Waals surface area contributed by atoms with Crippen LogP contribution in [0.2, 0.25) is 5.04 Å². The second-order valence-corrected chi connectivity index (χ2v) is 12.3. The van der Waals surface area contributed by atoms with Crippen molar-refractivity contribution >= 4 is 30.5 Å². The molecule has 25 heavy (non-hydrogen) atoms. The molecular weight excluding hydrogens is 344 g/mol. The summed E-state index contributed by atoms with van der Waals surface area (Å²) < 4.78 is 12.4. The van der Waals surface area contributed by atoms with E-state index >= 15 is 0 Å². The van der Waals surface area contributed by atoms with Crippen molar-refractivity contribution in [3.8, 4) is 0 Å². The summed E-state index contributed by atoms with van der Waals surface area (Å²) >= 11 is 1.71. The van der Waals surface area contributed by atoms with Crippen molar-refractivity contribution in [2.45, 2.75) is 32.2 Å². The predicted octanol–water partition coefficient (Wildman–Crippen LogP) is 4.29. The van der Waals surface area contributed by atoms with Crippen LogP contribution in [0.5, 0.6) is 0 Å². The van der Waals surface area contributed by atoms with Crippen LogP contribution in [0.15, 0.2) is 60.7 Å². The fraction of sp³-hybridized carbons (Fsp3) is 0.429. The molecular formula is C21H30O2SSi. The van der Waals surface area contributed by atoms with Crippen molar-refractivity contribution in [3.63, 3.8) is 0 Å². The number of ether oxygens (including phenoxy) is 1. The van der Waals surface area contributed by atoms with Gasteiger partial charge in [0.05, 0.1) is 5.94 Å². The van der Waals surface area contributed by atoms with Crippen molar-refractivity contribution in [1.82, 2.24) is 0 Å². The molecule has 2 aromatic carbocycles. The van der Waals surface area contributed by atoms with Crippen molar-refractivity contribution in [3.05, 3.63) is 60.7 Å². The van der Waals surface area contributed by atoms with Gasteiger partial charge in [0, 0.05) is 13.2 Å². The lowest BCUT2D eigenvalue weighted by Gasteiger charge is -2.43. The molecule has 0 amide bonds. The summed E-state index contributed by atoms with van der Waals surface area (Å²) in [6.07, 6.45) is 2.98. The van der Waals surface area contributed by atoms with E-state index in [2.05, 4.69) is 87.7 Å². The van der Waals surface area contributed by atoms with Crippen molar-refractivity contribution in [2.24, 2.45) is 0 Å². The van der Waals surface area contributed by atoms with Crippen LogP contribution >= 0.6 is 11.8 Å². The molecule has 4 heteroatoms. The minimum Gasteiger partial charge on any atom is -0.407 e. The number of hydrogen-bond acceptors (Lipinski definition) is 3. The van der Waals surface area contributed by atoms with Gasteiger partial charge in [0.1, 0.15) is 0 Å². The van der Waals surface area contributed by atoms with E-state index in [4.69, 9.17) is 9.16 Å². The number of hydrogen-bond donors (Lipinski definition) is 0. The first-order valence-electron chi connectivity index (χ1n) is 8.84. The summed E-state index contributed by atoms with van der Waals surface area (Å²) in [7, 11) is -2.38. The highest BCUT2D eigenvalue weighted by Crippen LogP contribution is 2.36. The maximum absolute atomic E-state index is 6.80. The van der Waals surface area contributed by atoms with Crippen LogP contribution < -0.4 is 10.4 Å². The van der Waals surface area contributed by atoms with E-state index in [9.17, 15) is 0 Å². The Labute approximate surface area is 158 Å². The Bertz CT molecular complexity index is 571. The average Bonchev–Trinajstić information content (AvgIpc) is 2.62. The fourth-order valence-electron chi connectivity index (χ4n) is 3.29. The van der Waals surface area contributed by atoms with Crippen LogP contribution in [-0.2, 0) is 9.16 Å². The zero-order chi connectivity index (χ0) is 18.2. The van der Waals surface area contributed by atoms with E-state index in [1.807, 2.05) is 0 Å². The first kappa shape index (κ1) is 20.2. The highest BCUT2D eigenvalue weighted by Gasteiger charge is 2.49. The molecule has 2 aromatic rings. The predicted molar refractivity (Wildman–Crippen MR) is 113 cm³/mol. The van der Waals surface area contributed by atoms with Crippen LogP contribution in [-0.4, -0.2) is 33.7 Å². The molecule has 0 N–H and O–H groups in total. The zero-order valence-electron chi connectivity index (χ0n) is 15.8. The summed E-state index contributed by atoms with van der Waals surface area (Å²) in [4.78, 5) is 0. The lowest BCUT2D eigenvalue weighted by atomic mass is 10.2. The van der Waals surface area contributed by atoms with Crippen LogP contribution in [0.25, 0.3) is 0 Å². The van der Waals surface area contributed by atoms with E-state index in [0.717, 1.165) is 25.6 Å². The quantitative estimate of drug-likeness (QED) is 0.371. The van der Waals surface area contributed by atoms with Gasteiger partial charge in [-0.1, -0.05) is 81.4 Å². The molecule has 0 aliphatic rings. The molecule has 2 rings (SSSR count). The van der Waals surface area contributed by atoms with Crippen LogP contribution in [0.4, 0.5) is 0 Å². The Morgan fingerprint density at radius 3 is 1.80 bits per heavy atom. The van der Waals surface area contributed by atoms with E-state index in [1.165, 1.54) is 10.4 Å². The average molecular weight is 375 g/mol. The topological polar surface area (TPSA) is 18.5 Å². The number of benzene rings is 2. The van der Waals surface area contributed by atoms with Crippen LogP contribution in [0.1, 0.15) is 27.2 Å². The summed E-state index contributed by atoms with van der Waals surface area (Å²) in [6.45, 7) is 8.40. The molecule has 0 aliphatic heterocycles. The first-order valence-corrected chi connectivity index (χ1v) is 12.1. The number of rotatable bonds is 9. The molecule has 0 aromatic heterocycles. The number of thioether (sulfide) groups is 1. The van der Waals surface area contributed by atoms with Gasteiger partial charge in [-0.05, 0) is 28.1 Å². The Morgan fingerprint density at radius 2 is 1.36 bits per heavy atom. The molecule has 0 heterocycles. The molecule has 0 saturated carbocycles. The summed E-state index contributed by atoms with van der Waals surface area (Å²) in [6, 6.07) is 21.6. The SMILES string of the molecule is CSCOCCCO[Si](c1ccccc1)(c1ccccc1)C(C)(C)C. The summed E-state index contributed by atoms with van der Waals surface area (Å²) in [5.41, 5.74) is 0. The van der Waals surface area contributed by atoms with Crippen molar-refractivity contribution in [2.75, 3.05) is 25.4 Å². The van der Waals surface area contributed by atoms with Crippen LogP contribution in [0, 0.1) is 0 Å². The van der Waals surface area contributed by atoms with E-state index in [0.29, 0.717) is 0 Å². The zero-order valence-corrected chi connectivity index (χ0v) is 17.6. The Kier molecular flexibility index (Phi) is 7.75. The second-order valence-electron chi connectivity index (χ2n) is 7.18. The molecule has 0 atom stereocenters. The third-order valence-electron chi connectivity index (χ3n) is 4.37. The largest absolute Gasteiger partial charge is 0.407 e. The minimum absolute atomic E-state index is 0.0375. The summed E-state index contributed by atoms with van der Waals surface area (Å²) in [5.74, 6) is 0.749. The third kappa shape index (κ3) is 4.97. The highest BCUT2D eigenvalue weighted by atomic mass is 32.2. The molecule has 0 bridgehead atoms. The third-order valence-corrected chi connectivity index (χ3v) is 9.81. The maximum atomic E-state index is 6.80. The molecule has 0 fully saturated rings. The Morgan fingerprint density at radius 1 is 0.840 bits per heavy atom. The Balaban J connectivity index is 2.33. The van der Waals surface area contributed by atoms with E-state index < -0.39 is 8.32 Å². The molecule has 0 spiro atoms. The van der Waals surface area contributed by atoms with Gasteiger partial charge in [0.2, 0.25) is 0 Å². The van der Waals surface area contributed by atoms with Gasteiger partial charge >= 0.3 is 0 Å².